The van der Waals surface area contributed by atoms with Gasteiger partial charge in [0.25, 0.3) is 0 Å². The molecule has 1 aromatic heterocycles. The molecule has 0 radical (unpaired) electrons. The summed E-state index contributed by atoms with van der Waals surface area (Å²) in [5.74, 6) is 6.29. The zero-order chi connectivity index (χ0) is 13.8. The van der Waals surface area contributed by atoms with Crippen molar-refractivity contribution in [1.82, 2.24) is 9.97 Å². The number of nitrogens with two attached hydrogens (primary N) is 1. The number of nitrogens with one attached hydrogen (secondary N) is 2. The highest BCUT2D eigenvalue weighted by Crippen LogP contribution is 2.28. The van der Waals surface area contributed by atoms with E-state index in [0.717, 1.165) is 4.47 Å². The zero-order valence-corrected chi connectivity index (χ0v) is 12.5. The van der Waals surface area contributed by atoms with Crippen LogP contribution in [0, 0.1) is 5.41 Å². The van der Waals surface area contributed by atoms with E-state index in [0.29, 0.717) is 18.2 Å². The third kappa shape index (κ3) is 4.08. The van der Waals surface area contributed by atoms with Crippen molar-refractivity contribution in [2.24, 2.45) is 11.3 Å². The van der Waals surface area contributed by atoms with Crippen molar-refractivity contribution < 1.29 is 5.11 Å². The summed E-state index contributed by atoms with van der Waals surface area (Å²) in [6.07, 6.45) is 2.27. The molecule has 0 aliphatic rings. The Bertz CT molecular complexity index is 394. The smallest absolute Gasteiger partial charge is 0.239 e. The topological polar surface area (TPSA) is 96.1 Å². The van der Waals surface area contributed by atoms with Crippen molar-refractivity contribution >= 4 is 27.7 Å². The molecule has 0 saturated carbocycles. The second-order valence-electron chi connectivity index (χ2n) is 5.11. The Kier molecular flexibility index (Phi) is 5.30. The average Bonchev–Trinajstić information content (AvgIpc) is 2.30. The van der Waals surface area contributed by atoms with Crippen LogP contribution in [-0.4, -0.2) is 27.7 Å². The van der Waals surface area contributed by atoms with Gasteiger partial charge in [0.05, 0.1) is 4.47 Å². The average molecular weight is 318 g/mol. The van der Waals surface area contributed by atoms with Crippen LogP contribution in [0.5, 0.6) is 0 Å². The summed E-state index contributed by atoms with van der Waals surface area (Å²) in [5, 5.41) is 12.4. The maximum absolute atomic E-state index is 9.13. The molecular formula is C11H20BrN5O. The number of hydrogen-bond acceptors (Lipinski definition) is 6. The van der Waals surface area contributed by atoms with E-state index in [1.807, 2.05) is 0 Å². The number of aliphatic hydroxyl groups excluding tert-OH is 1. The van der Waals surface area contributed by atoms with Crippen LogP contribution in [0.2, 0.25) is 0 Å². The number of nitrogen functional groups attached to an aromatic ring is 1. The predicted molar refractivity (Wildman–Crippen MR) is 76.1 cm³/mol. The molecule has 0 aliphatic carbocycles. The molecule has 0 saturated heterocycles. The predicted octanol–water partition coefficient (Wildman–Crippen LogP) is 1.73. The first-order valence-electron chi connectivity index (χ1n) is 5.75. The minimum Gasteiger partial charge on any atom is -0.396 e. The summed E-state index contributed by atoms with van der Waals surface area (Å²) in [4.78, 5) is 8.23. The van der Waals surface area contributed by atoms with Crippen LogP contribution in [0.3, 0.4) is 0 Å². The molecular weight excluding hydrogens is 298 g/mol. The van der Waals surface area contributed by atoms with E-state index in [-0.39, 0.29) is 18.1 Å². The summed E-state index contributed by atoms with van der Waals surface area (Å²) in [5.41, 5.74) is 2.41. The van der Waals surface area contributed by atoms with Gasteiger partial charge in [-0.1, -0.05) is 20.8 Å². The maximum atomic E-state index is 9.13. The highest BCUT2D eigenvalue weighted by molar-refractivity contribution is 9.10. The van der Waals surface area contributed by atoms with Gasteiger partial charge in [-0.3, -0.25) is 5.43 Å². The van der Waals surface area contributed by atoms with Gasteiger partial charge in [-0.25, -0.2) is 10.8 Å². The summed E-state index contributed by atoms with van der Waals surface area (Å²) in [6.45, 7) is 6.45. The van der Waals surface area contributed by atoms with Gasteiger partial charge in [-0.2, -0.15) is 4.98 Å². The minimum absolute atomic E-state index is 0.00340. The Morgan fingerprint density at radius 1 is 1.50 bits per heavy atom. The van der Waals surface area contributed by atoms with E-state index in [2.05, 4.69) is 57.4 Å². The van der Waals surface area contributed by atoms with E-state index in [4.69, 9.17) is 10.9 Å². The Labute approximate surface area is 115 Å². The summed E-state index contributed by atoms with van der Waals surface area (Å²) in [7, 11) is 0. The monoisotopic (exact) mass is 317 g/mol. The molecule has 0 fully saturated rings. The fraction of sp³-hybridized carbons (Fsp3) is 0.636. The second-order valence-corrected chi connectivity index (χ2v) is 5.96. The standard InChI is InChI=1S/C11H20BrN5O/c1-11(2,3)8(4-5-18)15-9-7(12)6-14-10(16-9)17-13/h6,8,18H,4-5,13H2,1-3H3,(H2,14,15,16,17). The number of aliphatic hydroxyl groups is 1. The van der Waals surface area contributed by atoms with Crippen LogP contribution >= 0.6 is 15.9 Å². The zero-order valence-electron chi connectivity index (χ0n) is 10.9. The number of hydrazine groups is 1. The number of rotatable bonds is 5. The second kappa shape index (κ2) is 6.31. The molecule has 18 heavy (non-hydrogen) atoms. The first-order chi connectivity index (χ1) is 8.38. The van der Waals surface area contributed by atoms with Crippen molar-refractivity contribution in [3.8, 4) is 0 Å². The summed E-state index contributed by atoms with van der Waals surface area (Å²) >= 11 is 3.39. The highest BCUT2D eigenvalue weighted by atomic mass is 79.9. The van der Waals surface area contributed by atoms with Crippen LogP contribution < -0.4 is 16.6 Å². The molecule has 0 bridgehead atoms. The lowest BCUT2D eigenvalue weighted by Crippen LogP contribution is -2.35. The molecule has 1 heterocycles. The van der Waals surface area contributed by atoms with Crippen LogP contribution in [0.1, 0.15) is 27.2 Å². The van der Waals surface area contributed by atoms with E-state index in [1.54, 1.807) is 6.20 Å². The van der Waals surface area contributed by atoms with Crippen molar-refractivity contribution in [2.45, 2.75) is 33.2 Å². The van der Waals surface area contributed by atoms with Gasteiger partial charge >= 0.3 is 0 Å². The first kappa shape index (κ1) is 15.1. The molecule has 5 N–H and O–H groups in total. The van der Waals surface area contributed by atoms with Gasteiger partial charge in [0.1, 0.15) is 5.82 Å². The Balaban J connectivity index is 2.92. The van der Waals surface area contributed by atoms with Crippen molar-refractivity contribution in [2.75, 3.05) is 17.3 Å². The molecule has 7 heteroatoms. The minimum atomic E-state index is 0.00340. The number of hydrogen-bond donors (Lipinski definition) is 4. The van der Waals surface area contributed by atoms with Gasteiger partial charge < -0.3 is 10.4 Å². The Morgan fingerprint density at radius 2 is 2.17 bits per heavy atom. The van der Waals surface area contributed by atoms with Gasteiger partial charge in [0.15, 0.2) is 0 Å². The number of halogens is 1. The van der Waals surface area contributed by atoms with E-state index >= 15 is 0 Å². The van der Waals surface area contributed by atoms with Crippen LogP contribution in [0.4, 0.5) is 11.8 Å². The normalized spacial score (nSPS) is 13.2. The molecule has 0 aliphatic heterocycles. The molecule has 1 rings (SSSR count). The van der Waals surface area contributed by atoms with Crippen LogP contribution in [0.15, 0.2) is 10.7 Å². The van der Waals surface area contributed by atoms with Crippen molar-refractivity contribution in [3.63, 3.8) is 0 Å². The molecule has 0 spiro atoms. The molecule has 0 aromatic carbocycles. The fourth-order valence-electron chi connectivity index (χ4n) is 1.55. The molecule has 0 amide bonds. The lowest BCUT2D eigenvalue weighted by atomic mass is 9.85. The maximum Gasteiger partial charge on any atom is 0.239 e. The van der Waals surface area contributed by atoms with Crippen molar-refractivity contribution in [3.05, 3.63) is 10.7 Å². The third-order valence-corrected chi connectivity index (χ3v) is 3.23. The largest absolute Gasteiger partial charge is 0.396 e. The fourth-order valence-corrected chi connectivity index (χ4v) is 1.86. The number of aromatic nitrogens is 2. The quantitative estimate of drug-likeness (QED) is 0.488. The lowest BCUT2D eigenvalue weighted by molar-refractivity contribution is 0.235. The summed E-state index contributed by atoms with van der Waals surface area (Å²) < 4.78 is 0.758. The summed E-state index contributed by atoms with van der Waals surface area (Å²) in [6, 6.07) is 0.0966. The van der Waals surface area contributed by atoms with E-state index in [9.17, 15) is 0 Å². The molecule has 1 unspecified atom stereocenters. The highest BCUT2D eigenvalue weighted by Gasteiger charge is 2.25. The van der Waals surface area contributed by atoms with E-state index in [1.165, 1.54) is 0 Å². The van der Waals surface area contributed by atoms with Crippen LogP contribution in [0.25, 0.3) is 0 Å². The van der Waals surface area contributed by atoms with E-state index < -0.39 is 0 Å². The first-order valence-corrected chi connectivity index (χ1v) is 6.54. The Hall–Kier alpha value is -0.920. The van der Waals surface area contributed by atoms with Gasteiger partial charge in [-0.05, 0) is 27.8 Å². The van der Waals surface area contributed by atoms with Gasteiger partial charge in [-0.15, -0.1) is 0 Å². The lowest BCUT2D eigenvalue weighted by Gasteiger charge is -2.31. The van der Waals surface area contributed by atoms with Crippen molar-refractivity contribution in [1.29, 1.82) is 0 Å². The number of anilines is 2. The Morgan fingerprint density at radius 3 is 2.67 bits per heavy atom. The van der Waals surface area contributed by atoms with Gasteiger partial charge in [0.2, 0.25) is 5.95 Å². The molecule has 1 atom stereocenters. The SMILES string of the molecule is CC(C)(C)C(CCO)Nc1nc(NN)ncc1Br. The molecule has 1 aromatic rings. The third-order valence-electron chi connectivity index (χ3n) is 2.65. The molecule has 102 valence electrons. The number of nitrogens with zero attached hydrogens (tertiary/aromatic N) is 2. The van der Waals surface area contributed by atoms with Gasteiger partial charge in [0, 0.05) is 18.8 Å². The van der Waals surface area contributed by atoms with Crippen LogP contribution in [-0.2, 0) is 0 Å². The molecule has 6 nitrogen and oxygen atoms in total.